The van der Waals surface area contributed by atoms with Crippen molar-refractivity contribution in [2.24, 2.45) is 0 Å². The van der Waals surface area contributed by atoms with Gasteiger partial charge in [-0.2, -0.15) is 17.5 Å². The molecule has 0 unspecified atom stereocenters. The molecular weight excluding hydrogens is 643 g/mol. The highest BCUT2D eigenvalue weighted by atomic mass is 32.2. The summed E-state index contributed by atoms with van der Waals surface area (Å²) >= 11 is 0.982. The number of nitrogens with zero attached hydrogens (tertiary/aromatic N) is 4. The Balaban J connectivity index is 1.33. The molecule has 240 valence electrons. The fourth-order valence-electron chi connectivity index (χ4n) is 4.67. The second-order valence-electron chi connectivity index (χ2n) is 9.96. The summed E-state index contributed by atoms with van der Waals surface area (Å²) in [5, 5.41) is 11.6. The first-order valence-electron chi connectivity index (χ1n) is 13.9. The molecule has 0 aliphatic rings. The summed E-state index contributed by atoms with van der Waals surface area (Å²) in [4.78, 5) is 17.3. The number of halogens is 3. The number of para-hydroxylation sites is 1. The summed E-state index contributed by atoms with van der Waals surface area (Å²) in [6.45, 7) is -0.111. The molecular formula is C31H28F3N5O5S2. The lowest BCUT2D eigenvalue weighted by Crippen LogP contribution is -2.35. The van der Waals surface area contributed by atoms with E-state index in [0.717, 1.165) is 29.0 Å². The van der Waals surface area contributed by atoms with Crippen LogP contribution < -0.4 is 14.8 Å². The van der Waals surface area contributed by atoms with Crippen molar-refractivity contribution in [2.75, 3.05) is 32.6 Å². The Morgan fingerprint density at radius 3 is 2.39 bits per heavy atom. The van der Waals surface area contributed by atoms with E-state index in [1.165, 1.54) is 42.9 Å². The molecule has 5 rings (SSSR count). The second-order valence-corrected chi connectivity index (χ2v) is 12.8. The topological polar surface area (TPSA) is 124 Å². The van der Waals surface area contributed by atoms with E-state index in [2.05, 4.69) is 20.5 Å². The van der Waals surface area contributed by atoms with Gasteiger partial charge in [0.25, 0.3) is 0 Å². The SMILES string of the molecule is COc1ccc(CCN(CCC(=O)Nc2nnc(-c3ccc(C(F)(F)F)cc3)s2)S(=O)(=O)c2cccc3cccnc23)cc1OC. The first-order chi connectivity index (χ1) is 22.0. The summed E-state index contributed by atoms with van der Waals surface area (Å²) in [6, 6.07) is 18.1. The van der Waals surface area contributed by atoms with Crippen LogP contribution in [0.15, 0.2) is 83.9 Å². The number of methoxy groups -OCH3 is 2. The molecule has 0 atom stereocenters. The summed E-state index contributed by atoms with van der Waals surface area (Å²) in [7, 11) is -1.08. The van der Waals surface area contributed by atoms with Crippen molar-refractivity contribution >= 4 is 43.3 Å². The predicted octanol–water partition coefficient (Wildman–Crippen LogP) is 6.05. The number of benzene rings is 3. The molecule has 5 aromatic rings. The van der Waals surface area contributed by atoms with Gasteiger partial charge in [-0.15, -0.1) is 10.2 Å². The quantitative estimate of drug-likeness (QED) is 0.170. The molecule has 1 N–H and O–H groups in total. The maximum absolute atomic E-state index is 14.0. The molecule has 3 aromatic carbocycles. The summed E-state index contributed by atoms with van der Waals surface area (Å²) in [5.41, 5.74) is 0.722. The zero-order valence-electron chi connectivity index (χ0n) is 24.6. The van der Waals surface area contributed by atoms with E-state index in [1.54, 1.807) is 36.4 Å². The number of hydrogen-bond donors (Lipinski definition) is 1. The number of nitrogens with one attached hydrogen (secondary N) is 1. The van der Waals surface area contributed by atoms with Gasteiger partial charge in [-0.3, -0.25) is 9.78 Å². The Kier molecular flexibility index (Phi) is 9.84. The van der Waals surface area contributed by atoms with Crippen molar-refractivity contribution in [1.29, 1.82) is 0 Å². The Morgan fingerprint density at radius 1 is 0.935 bits per heavy atom. The van der Waals surface area contributed by atoms with Crippen LogP contribution in [0.5, 0.6) is 11.5 Å². The fourth-order valence-corrected chi connectivity index (χ4v) is 7.04. The third-order valence-electron chi connectivity index (χ3n) is 7.03. The lowest BCUT2D eigenvalue weighted by Gasteiger charge is -2.23. The second kappa shape index (κ2) is 13.8. The van der Waals surface area contributed by atoms with Crippen LogP contribution in [0, 0.1) is 0 Å². The Morgan fingerprint density at radius 2 is 1.67 bits per heavy atom. The van der Waals surface area contributed by atoms with Crippen LogP contribution in [0.4, 0.5) is 18.3 Å². The van der Waals surface area contributed by atoms with Crippen LogP contribution in [0.25, 0.3) is 21.5 Å². The number of amides is 1. The number of sulfonamides is 1. The van der Waals surface area contributed by atoms with Gasteiger partial charge in [-0.05, 0) is 48.4 Å². The van der Waals surface area contributed by atoms with Crippen LogP contribution in [0.3, 0.4) is 0 Å². The number of pyridine rings is 1. The number of carbonyl (C=O) groups excluding carboxylic acids is 1. The number of aromatic nitrogens is 3. The average molecular weight is 672 g/mol. The highest BCUT2D eigenvalue weighted by Gasteiger charge is 2.30. The van der Waals surface area contributed by atoms with Gasteiger partial charge in [-0.25, -0.2) is 8.42 Å². The normalized spacial score (nSPS) is 12.0. The smallest absolute Gasteiger partial charge is 0.416 e. The van der Waals surface area contributed by atoms with E-state index in [9.17, 15) is 26.4 Å². The maximum Gasteiger partial charge on any atom is 0.416 e. The molecule has 2 aromatic heterocycles. The van der Waals surface area contributed by atoms with Crippen molar-refractivity contribution in [2.45, 2.75) is 23.9 Å². The summed E-state index contributed by atoms with van der Waals surface area (Å²) in [5.74, 6) is 0.518. The van der Waals surface area contributed by atoms with Crippen LogP contribution in [0.1, 0.15) is 17.5 Å². The number of alkyl halides is 3. The molecule has 0 fully saturated rings. The van der Waals surface area contributed by atoms with Crippen LogP contribution in [-0.2, 0) is 27.4 Å². The van der Waals surface area contributed by atoms with Crippen molar-refractivity contribution in [3.8, 4) is 22.1 Å². The highest BCUT2D eigenvalue weighted by Crippen LogP contribution is 2.33. The molecule has 0 aliphatic carbocycles. The number of fused-ring (bicyclic) bond motifs is 1. The van der Waals surface area contributed by atoms with Crippen molar-refractivity contribution in [1.82, 2.24) is 19.5 Å². The first kappa shape index (κ1) is 32.8. The first-order valence-corrected chi connectivity index (χ1v) is 16.1. The Labute approximate surface area is 266 Å². The lowest BCUT2D eigenvalue weighted by atomic mass is 10.1. The van der Waals surface area contributed by atoms with Crippen LogP contribution in [0.2, 0.25) is 0 Å². The van der Waals surface area contributed by atoms with Crippen LogP contribution in [-0.4, -0.2) is 61.1 Å². The molecule has 0 aliphatic heterocycles. The molecule has 0 bridgehead atoms. The minimum Gasteiger partial charge on any atom is -0.493 e. The number of hydrogen-bond acceptors (Lipinski definition) is 9. The van der Waals surface area contributed by atoms with Gasteiger partial charge in [0, 0.05) is 36.7 Å². The van der Waals surface area contributed by atoms with Gasteiger partial charge in [0.1, 0.15) is 9.90 Å². The fraction of sp³-hybridized carbons (Fsp3) is 0.226. The standard InChI is InChI=1S/C31H28F3N5O5S2/c1-43-24-13-8-20(19-25(24)44-2)14-17-39(46(41,42)26-7-3-5-21-6-4-16-35-28(21)26)18-15-27(40)36-30-38-37-29(45-30)22-9-11-23(12-10-22)31(32,33)34/h3-13,16,19H,14-15,17-18H2,1-2H3,(H,36,38,40). The number of rotatable bonds is 12. The van der Waals surface area contributed by atoms with E-state index >= 15 is 0 Å². The average Bonchev–Trinajstić information content (AvgIpc) is 3.52. The zero-order valence-corrected chi connectivity index (χ0v) is 26.2. The minimum atomic E-state index is -4.47. The van der Waals surface area contributed by atoms with Gasteiger partial charge in [0.05, 0.1) is 25.3 Å². The molecule has 46 heavy (non-hydrogen) atoms. The van der Waals surface area contributed by atoms with Gasteiger partial charge in [-0.1, -0.05) is 47.7 Å². The van der Waals surface area contributed by atoms with Gasteiger partial charge < -0.3 is 14.8 Å². The monoisotopic (exact) mass is 671 g/mol. The van der Waals surface area contributed by atoms with E-state index in [1.807, 2.05) is 6.07 Å². The molecule has 0 spiro atoms. The van der Waals surface area contributed by atoms with E-state index < -0.39 is 27.7 Å². The van der Waals surface area contributed by atoms with Crippen molar-refractivity contribution in [3.05, 3.63) is 90.1 Å². The third kappa shape index (κ3) is 7.43. The number of ether oxygens (including phenoxy) is 2. The van der Waals surface area contributed by atoms with Crippen molar-refractivity contribution in [3.63, 3.8) is 0 Å². The molecule has 2 heterocycles. The van der Waals surface area contributed by atoms with E-state index in [0.29, 0.717) is 39.4 Å². The highest BCUT2D eigenvalue weighted by molar-refractivity contribution is 7.89. The molecule has 0 saturated heterocycles. The van der Waals surface area contributed by atoms with E-state index in [-0.39, 0.29) is 29.5 Å². The lowest BCUT2D eigenvalue weighted by molar-refractivity contribution is -0.137. The molecule has 15 heteroatoms. The number of carbonyl (C=O) groups is 1. The molecule has 10 nitrogen and oxygen atoms in total. The van der Waals surface area contributed by atoms with E-state index in [4.69, 9.17) is 9.47 Å². The largest absolute Gasteiger partial charge is 0.493 e. The van der Waals surface area contributed by atoms with Crippen molar-refractivity contribution < 1.29 is 35.9 Å². The third-order valence-corrected chi connectivity index (χ3v) is 9.85. The minimum absolute atomic E-state index is 0.0172. The predicted molar refractivity (Wildman–Crippen MR) is 167 cm³/mol. The van der Waals surface area contributed by atoms with Gasteiger partial charge in [0.15, 0.2) is 11.5 Å². The Hall–Kier alpha value is -4.60. The maximum atomic E-state index is 14.0. The van der Waals surface area contributed by atoms with Gasteiger partial charge >= 0.3 is 6.18 Å². The van der Waals surface area contributed by atoms with Crippen LogP contribution >= 0.6 is 11.3 Å². The molecule has 0 saturated carbocycles. The summed E-state index contributed by atoms with van der Waals surface area (Å²) in [6.07, 6.45) is -2.85. The molecule has 0 radical (unpaired) electrons. The van der Waals surface area contributed by atoms with Gasteiger partial charge in [0.2, 0.25) is 21.1 Å². The summed E-state index contributed by atoms with van der Waals surface area (Å²) < 4.78 is 78.7. The Bertz CT molecular complexity index is 1950. The molecule has 1 amide bonds. The zero-order chi connectivity index (χ0) is 32.9. The number of anilines is 1.